The van der Waals surface area contributed by atoms with Crippen LogP contribution in [0.4, 0.5) is 0 Å². The first-order chi connectivity index (χ1) is 14.1. The number of aliphatic hydroxyl groups is 4. The molecule has 0 unspecified atom stereocenters. The van der Waals surface area contributed by atoms with Crippen molar-refractivity contribution in [3.8, 4) is 22.8 Å². The number of aromatic nitrogens is 8. The number of fused-ring (bicyclic) bond motifs is 9. The third-order valence-corrected chi connectivity index (χ3v) is 4.82. The minimum atomic E-state index is -3.31. The normalized spacial score (nSPS) is 18.3. The van der Waals surface area contributed by atoms with E-state index in [0.29, 0.717) is 9.26 Å². The number of hydrogen-bond acceptors (Lipinski definition) is 14. The van der Waals surface area contributed by atoms with Crippen LogP contribution in [0.25, 0.3) is 28.5 Å². The Balaban J connectivity index is 1.81. The quantitative estimate of drug-likeness (QED) is 0.117. The highest BCUT2D eigenvalue weighted by Crippen LogP contribution is 2.36. The van der Waals surface area contributed by atoms with Gasteiger partial charge >= 0.3 is 11.5 Å². The van der Waals surface area contributed by atoms with Crippen molar-refractivity contribution in [1.82, 2.24) is 25.1 Å². The first-order valence-electron chi connectivity index (χ1n) is 7.79. The van der Waals surface area contributed by atoms with Gasteiger partial charge < -0.3 is 35.9 Å². The Morgan fingerprint density at radius 1 is 0.900 bits per heavy atom. The van der Waals surface area contributed by atoms with Gasteiger partial charge in [-0.15, -0.1) is 0 Å². The monoisotopic (exact) mass is 420 g/mol. The standard InChI is InChI=1S/C12H4N8O10/c21-9-5-1(3-7(11(9,23)24)15-29-19(3)27)13-18-6-2(14-17(5)18)4-8(16-30-20(4)28)12(25,26)10(6)22/h23-26H. The van der Waals surface area contributed by atoms with Crippen LogP contribution in [0.3, 0.4) is 0 Å². The first kappa shape index (κ1) is 16.7. The van der Waals surface area contributed by atoms with Gasteiger partial charge in [0.25, 0.3) is 40.0 Å². The molecule has 0 radical (unpaired) electrons. The fraction of sp³-hybridized carbons (Fsp3) is 0.167. The van der Waals surface area contributed by atoms with E-state index in [9.17, 15) is 40.7 Å². The smallest absolute Gasteiger partial charge is 0.311 e. The SMILES string of the molecule is O=C1c2c(nn3c4c(n[n+]23)-c2c(no[n+]2[O-])C(O)(O)C=4[O-])-c2c(no[n+]2[O-])C1(O)O. The lowest BCUT2D eigenvalue weighted by Crippen LogP contribution is -2.48. The van der Waals surface area contributed by atoms with Crippen LogP contribution >= 0.6 is 0 Å². The summed E-state index contributed by atoms with van der Waals surface area (Å²) in [6.07, 6.45) is 0. The second kappa shape index (κ2) is 4.49. The molecule has 152 valence electrons. The average Bonchev–Trinajstić information content (AvgIpc) is 3.39. The fourth-order valence-corrected chi connectivity index (χ4v) is 3.46. The van der Waals surface area contributed by atoms with Gasteiger partial charge in [-0.1, -0.05) is 0 Å². The zero-order valence-corrected chi connectivity index (χ0v) is 13.8. The lowest BCUT2D eigenvalue weighted by molar-refractivity contribution is -0.794. The van der Waals surface area contributed by atoms with Gasteiger partial charge in [0.15, 0.2) is 11.0 Å². The third kappa shape index (κ3) is 1.52. The molecule has 2 aliphatic carbocycles. The van der Waals surface area contributed by atoms with Gasteiger partial charge in [0, 0.05) is 14.9 Å². The summed E-state index contributed by atoms with van der Waals surface area (Å²) in [5, 5.41) is 90.5. The van der Waals surface area contributed by atoms with Gasteiger partial charge in [-0.25, -0.2) is 0 Å². The Morgan fingerprint density at radius 2 is 1.47 bits per heavy atom. The van der Waals surface area contributed by atoms with Gasteiger partial charge in [0.05, 0.1) is 5.10 Å². The van der Waals surface area contributed by atoms with Crippen LogP contribution in [-0.2, 0) is 11.6 Å². The van der Waals surface area contributed by atoms with E-state index >= 15 is 0 Å². The molecule has 0 bridgehead atoms. The number of carbonyl (C=O) groups excluding carboxylic acids is 1. The Morgan fingerprint density at radius 3 is 2.10 bits per heavy atom. The Kier molecular flexibility index (Phi) is 2.49. The van der Waals surface area contributed by atoms with Crippen molar-refractivity contribution < 1.29 is 54.0 Å². The maximum Gasteiger partial charge on any atom is 0.311 e. The van der Waals surface area contributed by atoms with E-state index in [1.54, 1.807) is 0 Å². The van der Waals surface area contributed by atoms with E-state index in [0.717, 1.165) is 0 Å². The van der Waals surface area contributed by atoms with Crippen LogP contribution in [0.1, 0.15) is 21.9 Å². The maximum absolute atomic E-state index is 12.7. The van der Waals surface area contributed by atoms with Crippen molar-refractivity contribution in [2.45, 2.75) is 11.6 Å². The van der Waals surface area contributed by atoms with Crippen LogP contribution in [0, 0.1) is 10.4 Å². The van der Waals surface area contributed by atoms with Gasteiger partial charge in [0.1, 0.15) is 0 Å². The van der Waals surface area contributed by atoms with Gasteiger partial charge in [-0.3, -0.25) is 14.1 Å². The molecule has 2 aliphatic rings. The molecule has 0 saturated carbocycles. The minimum absolute atomic E-state index is 0.255. The zero-order chi connectivity index (χ0) is 21.3. The van der Waals surface area contributed by atoms with Gasteiger partial charge in [0.2, 0.25) is 0 Å². The van der Waals surface area contributed by atoms with Crippen molar-refractivity contribution in [2.75, 3.05) is 0 Å². The highest BCUT2D eigenvalue weighted by atomic mass is 16.8. The molecule has 0 fully saturated rings. The summed E-state index contributed by atoms with van der Waals surface area (Å²) in [7, 11) is 0. The molecule has 0 atom stereocenters. The number of hydrogen-bond donors (Lipinski definition) is 4. The number of nitrogens with zero attached hydrogens (tertiary/aromatic N) is 8. The lowest BCUT2D eigenvalue weighted by atomic mass is 9.94. The molecular formula is C12H4N8O10. The molecule has 6 rings (SSSR count). The van der Waals surface area contributed by atoms with Gasteiger partial charge in [-0.05, 0) is 25.3 Å². The summed E-state index contributed by atoms with van der Waals surface area (Å²) in [5.74, 6) is -9.50. The van der Waals surface area contributed by atoms with Crippen molar-refractivity contribution in [1.29, 1.82) is 0 Å². The average molecular weight is 420 g/mol. The fourth-order valence-electron chi connectivity index (χ4n) is 3.46. The lowest BCUT2D eigenvalue weighted by Gasteiger charge is -2.25. The van der Waals surface area contributed by atoms with Crippen molar-refractivity contribution in [3.63, 3.8) is 0 Å². The molecule has 4 N–H and O–H groups in total. The second-order valence-electron chi connectivity index (χ2n) is 6.43. The van der Waals surface area contributed by atoms with Crippen molar-refractivity contribution in [2.24, 2.45) is 0 Å². The molecule has 0 aliphatic heterocycles. The van der Waals surface area contributed by atoms with Crippen LogP contribution in [0.15, 0.2) is 9.26 Å². The van der Waals surface area contributed by atoms with E-state index in [1.807, 2.05) is 0 Å². The number of Topliss-reactive ketones (excluding diaryl/α,β-unsaturated/α-hetero) is 1. The number of ketones is 1. The topological polar surface area (TPSA) is 261 Å². The minimum Gasteiger partial charge on any atom is -0.870 e. The molecule has 18 heteroatoms. The Labute approximate surface area is 159 Å². The molecule has 4 aromatic heterocycles. The van der Waals surface area contributed by atoms with Crippen molar-refractivity contribution in [3.05, 3.63) is 32.8 Å². The second-order valence-corrected chi connectivity index (χ2v) is 6.43. The summed E-state index contributed by atoms with van der Waals surface area (Å²) in [5.41, 5.74) is -4.72. The van der Waals surface area contributed by atoms with Crippen LogP contribution in [0.2, 0.25) is 0 Å². The van der Waals surface area contributed by atoms with Crippen LogP contribution in [0.5, 0.6) is 0 Å². The van der Waals surface area contributed by atoms with Crippen molar-refractivity contribution >= 4 is 11.5 Å². The molecule has 0 aromatic carbocycles. The van der Waals surface area contributed by atoms with E-state index in [4.69, 9.17) is 0 Å². The largest absolute Gasteiger partial charge is 0.870 e. The highest BCUT2D eigenvalue weighted by molar-refractivity contribution is 6.05. The predicted molar refractivity (Wildman–Crippen MR) is 72.7 cm³/mol. The molecule has 30 heavy (non-hydrogen) atoms. The molecular weight excluding hydrogens is 416 g/mol. The Bertz CT molecular complexity index is 1510. The highest BCUT2D eigenvalue weighted by Gasteiger charge is 2.60. The van der Waals surface area contributed by atoms with Crippen LogP contribution < -0.4 is 24.9 Å². The van der Waals surface area contributed by atoms with E-state index in [1.165, 1.54) is 0 Å². The summed E-state index contributed by atoms with van der Waals surface area (Å²) >= 11 is 0. The first-order valence-corrected chi connectivity index (χ1v) is 7.79. The molecule has 18 nitrogen and oxygen atoms in total. The summed E-state index contributed by atoms with van der Waals surface area (Å²) in [6.45, 7) is 0. The predicted octanol–water partition coefficient (Wildman–Crippen LogP) is -7.44. The molecule has 0 amide bonds. The van der Waals surface area contributed by atoms with E-state index in [2.05, 4.69) is 29.8 Å². The Hall–Kier alpha value is -4.26. The molecule has 0 saturated heterocycles. The number of rotatable bonds is 0. The summed E-state index contributed by atoms with van der Waals surface area (Å²) in [4.78, 5) is 12.2. The third-order valence-electron chi connectivity index (χ3n) is 4.82. The number of carbonyl (C=O) groups is 1. The van der Waals surface area contributed by atoms with Gasteiger partial charge in [-0.2, -0.15) is 0 Å². The maximum atomic E-state index is 12.7. The molecule has 0 spiro atoms. The summed E-state index contributed by atoms with van der Waals surface area (Å²) in [6, 6.07) is 0. The molecule has 4 aromatic rings. The zero-order valence-electron chi connectivity index (χ0n) is 13.8. The summed E-state index contributed by atoms with van der Waals surface area (Å²) < 4.78 is 9.72. The van der Waals surface area contributed by atoms with E-state index in [-0.39, 0.29) is 9.81 Å². The van der Waals surface area contributed by atoms with E-state index < -0.39 is 68.3 Å². The molecule has 4 heterocycles. The van der Waals surface area contributed by atoms with Crippen LogP contribution in [-0.4, -0.2) is 51.4 Å².